The molecule has 0 radical (unpaired) electrons. The number of halogens is 2. The van der Waals surface area contributed by atoms with E-state index in [0.29, 0.717) is 23.1 Å². The summed E-state index contributed by atoms with van der Waals surface area (Å²) in [7, 11) is 0. The second-order valence-corrected chi connectivity index (χ2v) is 7.00. The van der Waals surface area contributed by atoms with Gasteiger partial charge in [0.2, 0.25) is 6.41 Å². The molecule has 126 valence electrons. The number of aromatic nitrogens is 2. The molecular weight excluding hydrogens is 369 g/mol. The zero-order valence-electron chi connectivity index (χ0n) is 12.7. The van der Waals surface area contributed by atoms with Crippen molar-refractivity contribution < 1.29 is 4.79 Å². The van der Waals surface area contributed by atoms with Crippen LogP contribution in [0.2, 0.25) is 10.2 Å². The van der Waals surface area contributed by atoms with Gasteiger partial charge in [-0.1, -0.05) is 41.0 Å². The van der Waals surface area contributed by atoms with Crippen LogP contribution >= 0.6 is 35.0 Å². The van der Waals surface area contributed by atoms with Gasteiger partial charge < -0.3 is 15.5 Å². The topological polar surface area (TPSA) is 75.3 Å². The fourth-order valence-electron chi connectivity index (χ4n) is 2.44. The molecule has 1 amide bonds. The van der Waals surface area contributed by atoms with Gasteiger partial charge in [0.15, 0.2) is 5.82 Å². The second-order valence-electron chi connectivity index (χ2n) is 5.20. The average Bonchev–Trinajstić information content (AvgIpc) is 2.59. The van der Waals surface area contributed by atoms with E-state index >= 15 is 0 Å². The number of hydrogen-bond donors (Lipinski definition) is 1. The maximum Gasteiger partial charge on any atom is 0.209 e. The van der Waals surface area contributed by atoms with Crippen molar-refractivity contribution in [3.8, 4) is 0 Å². The third-order valence-corrected chi connectivity index (χ3v) is 5.45. The molecule has 3 rings (SSSR count). The van der Waals surface area contributed by atoms with Gasteiger partial charge in [0.1, 0.15) is 10.2 Å². The Hall–Kier alpha value is -1.70. The Bertz CT molecular complexity index is 753. The molecular formula is C15H15Cl2N5OS. The fraction of sp³-hybridized carbons (Fsp3) is 0.267. The highest BCUT2D eigenvalue weighted by molar-refractivity contribution is 7.99. The van der Waals surface area contributed by atoms with Crippen molar-refractivity contribution >= 4 is 52.9 Å². The van der Waals surface area contributed by atoms with E-state index in [9.17, 15) is 4.79 Å². The molecule has 1 aliphatic rings. The molecule has 1 saturated heterocycles. The minimum atomic E-state index is 0.254. The number of piperazine rings is 1. The van der Waals surface area contributed by atoms with Gasteiger partial charge in [0.05, 0.1) is 16.9 Å². The summed E-state index contributed by atoms with van der Waals surface area (Å²) in [5, 5.41) is 1.45. The van der Waals surface area contributed by atoms with Crippen molar-refractivity contribution in [2.75, 3.05) is 36.8 Å². The molecule has 1 fully saturated rings. The van der Waals surface area contributed by atoms with Crippen LogP contribution in [0.1, 0.15) is 0 Å². The molecule has 1 aliphatic heterocycles. The zero-order chi connectivity index (χ0) is 17.1. The van der Waals surface area contributed by atoms with E-state index in [1.165, 1.54) is 18.0 Å². The van der Waals surface area contributed by atoms with E-state index < -0.39 is 0 Å². The molecule has 2 heterocycles. The first-order chi connectivity index (χ1) is 11.6. The minimum absolute atomic E-state index is 0.254. The minimum Gasteiger partial charge on any atom is -0.381 e. The predicted octanol–water partition coefficient (Wildman–Crippen LogP) is 2.80. The molecule has 0 atom stereocenters. The van der Waals surface area contributed by atoms with Crippen molar-refractivity contribution in [1.82, 2.24) is 14.9 Å². The van der Waals surface area contributed by atoms with Crippen molar-refractivity contribution in [2.45, 2.75) is 9.92 Å². The van der Waals surface area contributed by atoms with Crippen LogP contribution in [-0.4, -0.2) is 47.5 Å². The SMILES string of the molecule is Nc1nc(Cl)cnc1Sc1cccc(N2CCN(C=O)CC2)c1Cl. The van der Waals surface area contributed by atoms with E-state index in [1.807, 2.05) is 18.2 Å². The van der Waals surface area contributed by atoms with E-state index in [0.717, 1.165) is 30.1 Å². The first kappa shape index (κ1) is 17.1. The smallest absolute Gasteiger partial charge is 0.209 e. The predicted molar refractivity (Wildman–Crippen MR) is 96.9 cm³/mol. The van der Waals surface area contributed by atoms with Gasteiger partial charge in [-0.25, -0.2) is 9.97 Å². The molecule has 1 aromatic carbocycles. The summed E-state index contributed by atoms with van der Waals surface area (Å²) >= 11 is 13.7. The van der Waals surface area contributed by atoms with Crippen molar-refractivity contribution in [1.29, 1.82) is 0 Å². The van der Waals surface area contributed by atoms with Crippen LogP contribution in [0.3, 0.4) is 0 Å². The van der Waals surface area contributed by atoms with Crippen molar-refractivity contribution in [2.24, 2.45) is 0 Å². The van der Waals surface area contributed by atoms with Crippen LogP contribution in [0.4, 0.5) is 11.5 Å². The van der Waals surface area contributed by atoms with Crippen LogP contribution in [0.5, 0.6) is 0 Å². The second kappa shape index (κ2) is 7.46. The van der Waals surface area contributed by atoms with Gasteiger partial charge in [-0.05, 0) is 12.1 Å². The van der Waals surface area contributed by atoms with E-state index in [2.05, 4.69) is 14.9 Å². The highest BCUT2D eigenvalue weighted by Crippen LogP contribution is 2.39. The van der Waals surface area contributed by atoms with Gasteiger partial charge in [0, 0.05) is 31.1 Å². The van der Waals surface area contributed by atoms with Crippen LogP contribution in [0, 0.1) is 0 Å². The van der Waals surface area contributed by atoms with Crippen LogP contribution in [-0.2, 0) is 4.79 Å². The summed E-state index contributed by atoms with van der Waals surface area (Å²) in [6, 6.07) is 5.82. The van der Waals surface area contributed by atoms with Gasteiger partial charge in [-0.15, -0.1) is 0 Å². The van der Waals surface area contributed by atoms with Crippen molar-refractivity contribution in [3.05, 3.63) is 34.6 Å². The molecule has 0 saturated carbocycles. The molecule has 0 spiro atoms. The maximum atomic E-state index is 10.8. The monoisotopic (exact) mass is 383 g/mol. The summed E-state index contributed by atoms with van der Waals surface area (Å²) in [6.07, 6.45) is 2.34. The molecule has 24 heavy (non-hydrogen) atoms. The number of nitrogen functional groups attached to an aromatic ring is 1. The Morgan fingerprint density at radius 3 is 2.62 bits per heavy atom. The summed E-state index contributed by atoms with van der Waals surface area (Å²) in [5.74, 6) is 0.272. The van der Waals surface area contributed by atoms with Gasteiger partial charge in [0.25, 0.3) is 0 Å². The summed E-state index contributed by atoms with van der Waals surface area (Å²) in [5.41, 5.74) is 6.80. The number of hydrogen-bond acceptors (Lipinski definition) is 6. The standard InChI is InChI=1S/C15H15Cl2N5OS/c16-12-8-19-15(14(18)20-12)24-11-3-1-2-10(13(11)17)22-6-4-21(9-23)5-7-22/h1-3,8-9H,4-7H2,(H2,18,20). The van der Waals surface area contributed by atoms with Gasteiger partial charge in [-0.2, -0.15) is 0 Å². The third-order valence-electron chi connectivity index (χ3n) is 3.69. The van der Waals surface area contributed by atoms with E-state index in [4.69, 9.17) is 28.9 Å². The lowest BCUT2D eigenvalue weighted by Crippen LogP contribution is -2.45. The Balaban J connectivity index is 1.82. The number of nitrogens with two attached hydrogens (primary N) is 1. The number of carbonyl (C=O) groups excluding carboxylic acids is 1. The number of amides is 1. The molecule has 6 nitrogen and oxygen atoms in total. The molecule has 0 aliphatic carbocycles. The average molecular weight is 384 g/mol. The van der Waals surface area contributed by atoms with Gasteiger partial charge in [-0.3, -0.25) is 4.79 Å². The number of anilines is 2. The fourth-order valence-corrected chi connectivity index (χ4v) is 3.75. The lowest BCUT2D eigenvalue weighted by Gasteiger charge is -2.34. The largest absolute Gasteiger partial charge is 0.381 e. The number of rotatable bonds is 4. The lowest BCUT2D eigenvalue weighted by atomic mass is 10.2. The zero-order valence-corrected chi connectivity index (χ0v) is 15.0. The van der Waals surface area contributed by atoms with Crippen LogP contribution in [0.15, 0.2) is 34.3 Å². The first-order valence-corrected chi connectivity index (χ1v) is 8.84. The third kappa shape index (κ3) is 3.68. The number of carbonyl (C=O) groups is 1. The molecule has 2 aromatic rings. The Morgan fingerprint density at radius 2 is 1.96 bits per heavy atom. The van der Waals surface area contributed by atoms with Gasteiger partial charge >= 0.3 is 0 Å². The highest BCUT2D eigenvalue weighted by atomic mass is 35.5. The maximum absolute atomic E-state index is 10.8. The molecule has 0 unspecified atom stereocenters. The molecule has 0 bridgehead atoms. The Morgan fingerprint density at radius 1 is 1.21 bits per heavy atom. The molecule has 9 heteroatoms. The van der Waals surface area contributed by atoms with E-state index in [-0.39, 0.29) is 11.0 Å². The molecule has 1 aromatic heterocycles. The van der Waals surface area contributed by atoms with E-state index in [1.54, 1.807) is 4.90 Å². The van der Waals surface area contributed by atoms with Crippen LogP contribution in [0.25, 0.3) is 0 Å². The number of benzene rings is 1. The van der Waals surface area contributed by atoms with Crippen molar-refractivity contribution in [3.63, 3.8) is 0 Å². The highest BCUT2D eigenvalue weighted by Gasteiger charge is 2.20. The normalized spacial score (nSPS) is 14.8. The number of nitrogens with zero attached hydrogens (tertiary/aromatic N) is 4. The summed E-state index contributed by atoms with van der Waals surface area (Å²) in [4.78, 5) is 23.8. The lowest BCUT2D eigenvalue weighted by molar-refractivity contribution is -0.118. The summed E-state index contributed by atoms with van der Waals surface area (Å²) in [6.45, 7) is 2.87. The quantitative estimate of drug-likeness (QED) is 0.818. The Kier molecular flexibility index (Phi) is 5.33. The summed E-state index contributed by atoms with van der Waals surface area (Å²) < 4.78 is 0. The van der Waals surface area contributed by atoms with Crippen LogP contribution < -0.4 is 10.6 Å². The molecule has 2 N–H and O–H groups in total. The first-order valence-electron chi connectivity index (χ1n) is 7.27. The Labute approximate surface area is 153 Å².